The van der Waals surface area contributed by atoms with Crippen LogP contribution in [-0.4, -0.2) is 25.6 Å². The van der Waals surface area contributed by atoms with Crippen molar-refractivity contribution in [2.24, 2.45) is 0 Å². The van der Waals surface area contributed by atoms with Crippen LogP contribution in [0, 0.1) is 0 Å². The van der Waals surface area contributed by atoms with Gasteiger partial charge in [-0.3, -0.25) is 4.90 Å². The smallest absolute Gasteiger partial charge is 0.123 e. The molecule has 2 aromatic rings. The average Bonchev–Trinajstić information content (AvgIpc) is 2.57. The molecule has 3 nitrogen and oxygen atoms in total. The SMILES string of the molecule is CCCNCc1ccc(CN(C)Cc2ccccc2)cc1OC. The van der Waals surface area contributed by atoms with Crippen LogP contribution in [0.2, 0.25) is 0 Å². The number of benzene rings is 2. The molecule has 0 saturated carbocycles. The zero-order chi connectivity index (χ0) is 16.5. The van der Waals surface area contributed by atoms with Crippen LogP contribution in [0.3, 0.4) is 0 Å². The maximum absolute atomic E-state index is 5.56. The van der Waals surface area contributed by atoms with E-state index in [0.717, 1.165) is 38.3 Å². The second-order valence-corrected chi connectivity index (χ2v) is 5.98. The van der Waals surface area contributed by atoms with Crippen LogP contribution in [0.5, 0.6) is 5.75 Å². The lowest BCUT2D eigenvalue weighted by Gasteiger charge is -2.18. The standard InChI is InChI=1S/C20H28N2O/c1-4-12-21-14-19-11-10-18(13-20(19)23-3)16-22(2)15-17-8-6-5-7-9-17/h5-11,13,21H,4,12,14-16H2,1-3H3. The lowest BCUT2D eigenvalue weighted by molar-refractivity contribution is 0.318. The highest BCUT2D eigenvalue weighted by Crippen LogP contribution is 2.21. The molecule has 0 radical (unpaired) electrons. The summed E-state index contributed by atoms with van der Waals surface area (Å²) in [5.74, 6) is 0.971. The van der Waals surface area contributed by atoms with Gasteiger partial charge in [-0.1, -0.05) is 49.4 Å². The van der Waals surface area contributed by atoms with Crippen molar-refractivity contribution in [1.29, 1.82) is 0 Å². The van der Waals surface area contributed by atoms with Crippen molar-refractivity contribution < 1.29 is 4.74 Å². The Balaban J connectivity index is 1.96. The van der Waals surface area contributed by atoms with Gasteiger partial charge in [0.05, 0.1) is 7.11 Å². The van der Waals surface area contributed by atoms with E-state index in [-0.39, 0.29) is 0 Å². The zero-order valence-electron chi connectivity index (χ0n) is 14.5. The Morgan fingerprint density at radius 2 is 1.74 bits per heavy atom. The van der Waals surface area contributed by atoms with E-state index in [4.69, 9.17) is 4.74 Å². The molecule has 0 spiro atoms. The maximum atomic E-state index is 5.56. The molecule has 0 heterocycles. The molecule has 0 aliphatic rings. The van der Waals surface area contributed by atoms with Gasteiger partial charge in [0.2, 0.25) is 0 Å². The predicted octanol–water partition coefficient (Wildman–Crippen LogP) is 3.83. The summed E-state index contributed by atoms with van der Waals surface area (Å²) in [6.07, 6.45) is 1.14. The minimum atomic E-state index is 0.858. The third kappa shape index (κ3) is 5.70. The van der Waals surface area contributed by atoms with E-state index < -0.39 is 0 Å². The van der Waals surface area contributed by atoms with Crippen LogP contribution >= 0.6 is 0 Å². The van der Waals surface area contributed by atoms with E-state index in [1.165, 1.54) is 16.7 Å². The fourth-order valence-corrected chi connectivity index (χ4v) is 2.70. The monoisotopic (exact) mass is 312 g/mol. The Labute approximate surface area is 140 Å². The number of nitrogens with zero attached hydrogens (tertiary/aromatic N) is 1. The number of hydrogen-bond acceptors (Lipinski definition) is 3. The zero-order valence-corrected chi connectivity index (χ0v) is 14.5. The molecule has 0 bridgehead atoms. The molecular formula is C20H28N2O. The van der Waals surface area contributed by atoms with E-state index in [1.54, 1.807) is 7.11 Å². The second kappa shape index (κ2) is 9.33. The molecule has 2 rings (SSSR count). The Hall–Kier alpha value is -1.84. The molecule has 0 saturated heterocycles. The van der Waals surface area contributed by atoms with Crippen LogP contribution in [0.25, 0.3) is 0 Å². The van der Waals surface area contributed by atoms with Crippen molar-refractivity contribution >= 4 is 0 Å². The first kappa shape index (κ1) is 17.5. The highest BCUT2D eigenvalue weighted by Gasteiger charge is 2.07. The van der Waals surface area contributed by atoms with Gasteiger partial charge in [-0.2, -0.15) is 0 Å². The number of ether oxygens (including phenoxy) is 1. The minimum absolute atomic E-state index is 0.858. The summed E-state index contributed by atoms with van der Waals surface area (Å²) in [5, 5.41) is 3.43. The average molecular weight is 312 g/mol. The van der Waals surface area contributed by atoms with Crippen molar-refractivity contribution in [1.82, 2.24) is 10.2 Å². The third-order valence-corrected chi connectivity index (χ3v) is 3.84. The molecule has 124 valence electrons. The lowest BCUT2D eigenvalue weighted by Crippen LogP contribution is -2.18. The van der Waals surface area contributed by atoms with Gasteiger partial charge in [-0.25, -0.2) is 0 Å². The van der Waals surface area contributed by atoms with Gasteiger partial charge in [0.1, 0.15) is 5.75 Å². The molecule has 2 aromatic carbocycles. The Morgan fingerprint density at radius 3 is 2.43 bits per heavy atom. The van der Waals surface area contributed by atoms with Crippen LogP contribution in [-0.2, 0) is 19.6 Å². The molecular weight excluding hydrogens is 284 g/mol. The van der Waals surface area contributed by atoms with Crippen LogP contribution in [0.4, 0.5) is 0 Å². The minimum Gasteiger partial charge on any atom is -0.496 e. The molecule has 0 atom stereocenters. The predicted molar refractivity (Wildman–Crippen MR) is 96.6 cm³/mol. The topological polar surface area (TPSA) is 24.5 Å². The number of nitrogens with one attached hydrogen (secondary N) is 1. The van der Waals surface area contributed by atoms with Crippen molar-refractivity contribution in [2.75, 3.05) is 20.7 Å². The van der Waals surface area contributed by atoms with Crippen LogP contribution in [0.1, 0.15) is 30.0 Å². The van der Waals surface area contributed by atoms with E-state index in [1.807, 2.05) is 0 Å². The Bertz CT molecular complexity index is 583. The molecule has 0 aliphatic carbocycles. The highest BCUT2D eigenvalue weighted by atomic mass is 16.5. The van der Waals surface area contributed by atoms with Crippen molar-refractivity contribution in [3.8, 4) is 5.75 Å². The van der Waals surface area contributed by atoms with E-state index in [0.29, 0.717) is 0 Å². The van der Waals surface area contributed by atoms with Gasteiger partial charge >= 0.3 is 0 Å². The normalized spacial score (nSPS) is 11.0. The van der Waals surface area contributed by atoms with Crippen molar-refractivity contribution in [3.63, 3.8) is 0 Å². The molecule has 0 fully saturated rings. The van der Waals surface area contributed by atoms with E-state index in [9.17, 15) is 0 Å². The van der Waals surface area contributed by atoms with Crippen LogP contribution < -0.4 is 10.1 Å². The highest BCUT2D eigenvalue weighted by molar-refractivity contribution is 5.37. The third-order valence-electron chi connectivity index (χ3n) is 3.84. The molecule has 0 aromatic heterocycles. The van der Waals surface area contributed by atoms with Gasteiger partial charge < -0.3 is 10.1 Å². The van der Waals surface area contributed by atoms with Gasteiger partial charge in [0.25, 0.3) is 0 Å². The maximum Gasteiger partial charge on any atom is 0.123 e. The summed E-state index contributed by atoms with van der Waals surface area (Å²) >= 11 is 0. The van der Waals surface area contributed by atoms with Gasteiger partial charge in [0, 0.05) is 25.2 Å². The Kier molecular flexibility index (Phi) is 7.11. The quantitative estimate of drug-likeness (QED) is 0.712. The summed E-state index contributed by atoms with van der Waals surface area (Å²) in [6.45, 7) is 5.93. The van der Waals surface area contributed by atoms with Gasteiger partial charge in [-0.05, 0) is 37.2 Å². The van der Waals surface area contributed by atoms with Crippen molar-refractivity contribution in [3.05, 3.63) is 65.2 Å². The lowest BCUT2D eigenvalue weighted by atomic mass is 10.1. The first-order valence-electron chi connectivity index (χ1n) is 8.32. The fraction of sp³-hybridized carbons (Fsp3) is 0.400. The Morgan fingerprint density at radius 1 is 1.00 bits per heavy atom. The number of methoxy groups -OCH3 is 1. The first-order chi connectivity index (χ1) is 11.2. The molecule has 1 N–H and O–H groups in total. The summed E-state index contributed by atoms with van der Waals surface area (Å²) in [7, 11) is 3.90. The van der Waals surface area contributed by atoms with E-state index >= 15 is 0 Å². The second-order valence-electron chi connectivity index (χ2n) is 5.98. The molecule has 0 unspecified atom stereocenters. The fourth-order valence-electron chi connectivity index (χ4n) is 2.70. The number of hydrogen-bond donors (Lipinski definition) is 1. The van der Waals surface area contributed by atoms with Gasteiger partial charge in [-0.15, -0.1) is 0 Å². The summed E-state index contributed by atoms with van der Waals surface area (Å²) < 4.78 is 5.56. The van der Waals surface area contributed by atoms with Crippen LogP contribution in [0.15, 0.2) is 48.5 Å². The molecule has 0 aliphatic heterocycles. The molecule has 23 heavy (non-hydrogen) atoms. The van der Waals surface area contributed by atoms with Gasteiger partial charge in [0.15, 0.2) is 0 Å². The summed E-state index contributed by atoms with van der Waals surface area (Å²) in [6, 6.07) is 17.1. The van der Waals surface area contributed by atoms with E-state index in [2.05, 4.69) is 72.7 Å². The first-order valence-corrected chi connectivity index (χ1v) is 8.32. The van der Waals surface area contributed by atoms with Crippen molar-refractivity contribution in [2.45, 2.75) is 33.0 Å². The molecule has 3 heteroatoms. The molecule has 0 amide bonds. The largest absolute Gasteiger partial charge is 0.496 e. The number of rotatable bonds is 9. The summed E-state index contributed by atoms with van der Waals surface area (Å²) in [5.41, 5.74) is 3.83. The summed E-state index contributed by atoms with van der Waals surface area (Å²) in [4.78, 5) is 2.32.